The minimum atomic E-state index is -2.43. The van der Waals surface area contributed by atoms with Crippen LogP contribution in [0.1, 0.15) is 0 Å². The lowest BCUT2D eigenvalue weighted by Crippen LogP contribution is -2.40. The molecule has 6 nitrogen and oxygen atoms in total. The van der Waals surface area contributed by atoms with Gasteiger partial charge in [0.05, 0.1) is 9.52 Å². The maximum absolute atomic E-state index is 4.96. The largest absolute Gasteiger partial charge is 0.528 e. The van der Waals surface area contributed by atoms with Crippen molar-refractivity contribution in [3.8, 4) is 0 Å². The van der Waals surface area contributed by atoms with E-state index < -0.39 is 17.6 Å². The van der Waals surface area contributed by atoms with Crippen LogP contribution in [0.4, 0.5) is 0 Å². The lowest BCUT2D eigenvalue weighted by molar-refractivity contribution is 0.138. The highest BCUT2D eigenvalue weighted by atomic mass is 28.4. The molecule has 0 aliphatic carbocycles. The summed E-state index contributed by atoms with van der Waals surface area (Å²) in [5.74, 6) is 0. The average molecular weight is 481 g/mol. The summed E-state index contributed by atoms with van der Waals surface area (Å²) in [6.07, 6.45) is 0. The van der Waals surface area contributed by atoms with Crippen LogP contribution in [0.2, 0.25) is 0 Å². The molecule has 2 aromatic rings. The lowest BCUT2D eigenvalue weighted by Gasteiger charge is -2.19. The fourth-order valence-electron chi connectivity index (χ4n) is 2.43. The molecule has 9 heteroatoms. The molecule has 0 aliphatic heterocycles. The number of rotatable bonds is 10. The number of benzene rings is 2. The van der Waals surface area contributed by atoms with Crippen LogP contribution >= 0.6 is 0 Å². The molecule has 0 fully saturated rings. The standard InChI is InChI=1S/C12H12Si.2C5H12O3Si/c1-3-7-11(8-4-1)13-12-9-5-2-6-10-12;2*1-5-9(6-2,7-3)8-4/h1-10H,13H2;2*5H,1H2,2-4H3. The van der Waals surface area contributed by atoms with Gasteiger partial charge in [0.2, 0.25) is 0 Å². The van der Waals surface area contributed by atoms with Crippen LogP contribution in [0.15, 0.2) is 85.2 Å². The van der Waals surface area contributed by atoms with Crippen LogP contribution < -0.4 is 10.4 Å². The Morgan fingerprint density at radius 3 is 0.968 bits per heavy atom. The van der Waals surface area contributed by atoms with Crippen molar-refractivity contribution in [2.75, 3.05) is 42.7 Å². The molecule has 31 heavy (non-hydrogen) atoms. The van der Waals surface area contributed by atoms with Gasteiger partial charge in [-0.2, -0.15) is 0 Å². The van der Waals surface area contributed by atoms with E-state index in [1.807, 2.05) is 0 Å². The Kier molecular flexibility index (Phi) is 16.0. The van der Waals surface area contributed by atoms with Crippen LogP contribution in [0.5, 0.6) is 0 Å². The summed E-state index contributed by atoms with van der Waals surface area (Å²) in [6, 6.07) is 21.5. The Bertz CT molecular complexity index is 630. The van der Waals surface area contributed by atoms with E-state index in [1.165, 1.54) is 10.4 Å². The zero-order chi connectivity index (χ0) is 23.6. The van der Waals surface area contributed by atoms with Crippen LogP contribution in [0.25, 0.3) is 0 Å². The van der Waals surface area contributed by atoms with E-state index in [9.17, 15) is 0 Å². The highest BCUT2D eigenvalue weighted by Crippen LogP contribution is 2.05. The Balaban J connectivity index is 0.000000452. The molecule has 0 saturated carbocycles. The van der Waals surface area contributed by atoms with Gasteiger partial charge in [-0.3, -0.25) is 0 Å². The molecule has 0 heterocycles. The monoisotopic (exact) mass is 480 g/mol. The van der Waals surface area contributed by atoms with Gasteiger partial charge in [0.15, 0.2) is 0 Å². The minimum Gasteiger partial charge on any atom is -0.374 e. The van der Waals surface area contributed by atoms with Crippen molar-refractivity contribution in [3.05, 3.63) is 85.2 Å². The Morgan fingerprint density at radius 1 is 0.548 bits per heavy atom. The molecule has 0 spiro atoms. The molecule has 0 unspecified atom stereocenters. The summed E-state index contributed by atoms with van der Waals surface area (Å²) < 4.78 is 29.8. The van der Waals surface area contributed by atoms with Crippen LogP contribution in [-0.2, 0) is 26.6 Å². The average Bonchev–Trinajstić information content (AvgIpc) is 2.85. The fraction of sp³-hybridized carbons (Fsp3) is 0.273. The van der Waals surface area contributed by atoms with Gasteiger partial charge in [0.1, 0.15) is 0 Å². The maximum atomic E-state index is 4.96. The number of hydrogen-bond acceptors (Lipinski definition) is 6. The molecular formula is C22H36O6Si3. The Labute approximate surface area is 192 Å². The summed E-state index contributed by atoms with van der Waals surface area (Å²) >= 11 is 0. The highest BCUT2D eigenvalue weighted by Gasteiger charge is 2.33. The van der Waals surface area contributed by atoms with Gasteiger partial charge in [0.25, 0.3) is 0 Å². The van der Waals surface area contributed by atoms with E-state index in [1.54, 1.807) is 54.1 Å². The predicted octanol–water partition coefficient (Wildman–Crippen LogP) is 1.99. The second-order valence-electron chi connectivity index (χ2n) is 5.99. The molecule has 0 bridgehead atoms. The molecule has 0 atom stereocenters. The van der Waals surface area contributed by atoms with Crippen molar-refractivity contribution in [2.24, 2.45) is 0 Å². The first kappa shape index (κ1) is 29.3. The first-order valence-electron chi connectivity index (χ1n) is 9.60. The van der Waals surface area contributed by atoms with E-state index >= 15 is 0 Å². The van der Waals surface area contributed by atoms with E-state index in [0.29, 0.717) is 0 Å². The second-order valence-corrected chi connectivity index (χ2v) is 13.7. The van der Waals surface area contributed by atoms with Crippen molar-refractivity contribution < 1.29 is 26.6 Å². The Hall–Kier alpha value is -1.67. The molecule has 2 aromatic carbocycles. The molecule has 0 aliphatic rings. The zero-order valence-corrected chi connectivity index (χ0v) is 22.9. The molecule has 2 rings (SSSR count). The summed E-state index contributed by atoms with van der Waals surface area (Å²) in [7, 11) is 4.17. The van der Waals surface area contributed by atoms with Gasteiger partial charge >= 0.3 is 17.6 Å². The van der Waals surface area contributed by atoms with Gasteiger partial charge in [0, 0.05) is 42.7 Å². The fourth-order valence-corrected chi connectivity index (χ4v) is 5.91. The van der Waals surface area contributed by atoms with Gasteiger partial charge in [-0.05, 0) is 11.4 Å². The molecule has 172 valence electrons. The molecule has 0 saturated heterocycles. The van der Waals surface area contributed by atoms with Crippen molar-refractivity contribution in [1.29, 1.82) is 0 Å². The quantitative estimate of drug-likeness (QED) is 0.485. The summed E-state index contributed by atoms with van der Waals surface area (Å²) in [4.78, 5) is 0. The van der Waals surface area contributed by atoms with Crippen LogP contribution in [0, 0.1) is 0 Å². The molecule has 0 N–H and O–H groups in total. The van der Waals surface area contributed by atoms with E-state index in [4.69, 9.17) is 26.6 Å². The van der Waals surface area contributed by atoms with Crippen LogP contribution in [0.3, 0.4) is 0 Å². The zero-order valence-electron chi connectivity index (χ0n) is 19.5. The molecule has 0 amide bonds. The molecular weight excluding hydrogens is 444 g/mol. The van der Waals surface area contributed by atoms with Gasteiger partial charge < -0.3 is 26.6 Å². The van der Waals surface area contributed by atoms with Gasteiger partial charge in [-0.25, -0.2) is 0 Å². The topological polar surface area (TPSA) is 55.4 Å². The van der Waals surface area contributed by atoms with Crippen molar-refractivity contribution in [2.45, 2.75) is 0 Å². The summed E-state index contributed by atoms with van der Waals surface area (Å²) in [6.45, 7) is 7.06. The Morgan fingerprint density at radius 2 is 0.806 bits per heavy atom. The predicted molar refractivity (Wildman–Crippen MR) is 135 cm³/mol. The minimum absolute atomic E-state index is 0.234. The third kappa shape index (κ3) is 11.0. The first-order chi connectivity index (χ1) is 14.9. The summed E-state index contributed by atoms with van der Waals surface area (Å²) in [5.41, 5.74) is 3.15. The van der Waals surface area contributed by atoms with Gasteiger partial charge in [-0.15, -0.1) is 0 Å². The third-order valence-electron chi connectivity index (χ3n) is 4.30. The van der Waals surface area contributed by atoms with E-state index in [0.717, 1.165) is 0 Å². The number of hydrogen-bond donors (Lipinski definition) is 0. The normalized spacial score (nSPS) is 10.8. The first-order valence-corrected chi connectivity index (χ1v) is 14.6. The second kappa shape index (κ2) is 17.0. The van der Waals surface area contributed by atoms with Crippen LogP contribution in [-0.4, -0.2) is 69.8 Å². The van der Waals surface area contributed by atoms with Crippen molar-refractivity contribution in [3.63, 3.8) is 0 Å². The van der Waals surface area contributed by atoms with E-state index in [-0.39, 0.29) is 9.52 Å². The molecule has 0 aromatic heterocycles. The van der Waals surface area contributed by atoms with E-state index in [2.05, 4.69) is 73.8 Å². The maximum Gasteiger partial charge on any atom is 0.528 e. The smallest absolute Gasteiger partial charge is 0.374 e. The summed E-state index contributed by atoms with van der Waals surface area (Å²) in [5, 5.41) is 3.02. The van der Waals surface area contributed by atoms with Crippen molar-refractivity contribution >= 4 is 37.5 Å². The third-order valence-corrected chi connectivity index (χ3v) is 10.5. The highest BCUT2D eigenvalue weighted by molar-refractivity contribution is 6.67. The lowest BCUT2D eigenvalue weighted by atomic mass is 10.4. The van der Waals surface area contributed by atoms with Crippen molar-refractivity contribution in [1.82, 2.24) is 0 Å². The van der Waals surface area contributed by atoms with Gasteiger partial charge in [-0.1, -0.05) is 84.2 Å². The molecule has 0 radical (unpaired) electrons. The SMILES string of the molecule is C=C[Si](OC)(OC)OC.C=C[Si](OC)(OC)OC.c1ccc([SiH2]c2ccccc2)cc1.